The van der Waals surface area contributed by atoms with Gasteiger partial charge in [-0.15, -0.1) is 0 Å². The molecule has 1 saturated carbocycles. The Balaban J connectivity index is 1.79. The van der Waals surface area contributed by atoms with Crippen LogP contribution in [0.3, 0.4) is 0 Å². The topological polar surface area (TPSA) is 17.1 Å². The molecule has 1 nitrogen and oxygen atoms in total. The average Bonchev–Trinajstić information content (AvgIpc) is 2.41. The van der Waals surface area contributed by atoms with Gasteiger partial charge in [-0.25, -0.2) is 0 Å². The fraction of sp³-hybridized carbons (Fsp3) is 0.944. The lowest BCUT2D eigenvalue weighted by atomic mass is 9.85. The molecule has 0 spiro atoms. The Morgan fingerprint density at radius 3 is 2.05 bits per heavy atom. The molecule has 0 aromatic heterocycles. The molecule has 1 fully saturated rings. The zero-order valence-electron chi connectivity index (χ0n) is 13.1. The SMILES string of the molecule is CCCCCCCCCCCCC1CCCC(=O)C1. The number of rotatable bonds is 11. The molecule has 1 unspecified atom stereocenters. The van der Waals surface area contributed by atoms with E-state index in [4.69, 9.17) is 0 Å². The summed E-state index contributed by atoms with van der Waals surface area (Å²) >= 11 is 0. The Morgan fingerprint density at radius 1 is 0.895 bits per heavy atom. The summed E-state index contributed by atoms with van der Waals surface area (Å²) in [5.41, 5.74) is 0. The Morgan fingerprint density at radius 2 is 1.47 bits per heavy atom. The summed E-state index contributed by atoms with van der Waals surface area (Å²) in [6, 6.07) is 0. The van der Waals surface area contributed by atoms with Gasteiger partial charge in [0.25, 0.3) is 0 Å². The molecular weight excluding hydrogens is 232 g/mol. The average molecular weight is 266 g/mol. The number of unbranched alkanes of at least 4 members (excludes halogenated alkanes) is 9. The van der Waals surface area contributed by atoms with Crippen LogP contribution in [0.5, 0.6) is 0 Å². The van der Waals surface area contributed by atoms with Crippen LogP contribution in [0.2, 0.25) is 0 Å². The molecule has 1 atom stereocenters. The Labute approximate surface area is 120 Å². The molecule has 0 aliphatic heterocycles. The van der Waals surface area contributed by atoms with Crippen molar-refractivity contribution < 1.29 is 4.79 Å². The van der Waals surface area contributed by atoms with E-state index in [0.717, 1.165) is 25.2 Å². The highest BCUT2D eigenvalue weighted by Gasteiger charge is 2.18. The second-order valence-electron chi connectivity index (χ2n) is 6.47. The summed E-state index contributed by atoms with van der Waals surface area (Å²) in [5, 5.41) is 0. The summed E-state index contributed by atoms with van der Waals surface area (Å²) < 4.78 is 0. The highest BCUT2D eigenvalue weighted by Crippen LogP contribution is 2.26. The van der Waals surface area contributed by atoms with Gasteiger partial charge >= 0.3 is 0 Å². The van der Waals surface area contributed by atoms with Gasteiger partial charge in [0, 0.05) is 12.8 Å². The van der Waals surface area contributed by atoms with E-state index >= 15 is 0 Å². The van der Waals surface area contributed by atoms with Crippen molar-refractivity contribution >= 4 is 5.78 Å². The minimum atomic E-state index is 0.517. The van der Waals surface area contributed by atoms with E-state index in [1.165, 1.54) is 77.0 Å². The van der Waals surface area contributed by atoms with Crippen LogP contribution in [0.4, 0.5) is 0 Å². The maximum atomic E-state index is 11.4. The molecular formula is C18H34O. The normalized spacial score (nSPS) is 19.8. The van der Waals surface area contributed by atoms with E-state index in [1.54, 1.807) is 0 Å². The summed E-state index contributed by atoms with van der Waals surface area (Å²) in [7, 11) is 0. The number of ketones is 1. The van der Waals surface area contributed by atoms with Crippen LogP contribution in [0.1, 0.15) is 103 Å². The number of hydrogen-bond acceptors (Lipinski definition) is 1. The van der Waals surface area contributed by atoms with Crippen molar-refractivity contribution in [3.63, 3.8) is 0 Å². The largest absolute Gasteiger partial charge is 0.300 e. The predicted molar refractivity (Wildman–Crippen MR) is 83.4 cm³/mol. The zero-order valence-corrected chi connectivity index (χ0v) is 13.1. The zero-order chi connectivity index (χ0) is 13.8. The monoisotopic (exact) mass is 266 g/mol. The van der Waals surface area contributed by atoms with Crippen molar-refractivity contribution in [1.29, 1.82) is 0 Å². The summed E-state index contributed by atoms with van der Waals surface area (Å²) in [6.45, 7) is 2.28. The van der Waals surface area contributed by atoms with Gasteiger partial charge in [-0.2, -0.15) is 0 Å². The third-order valence-corrected chi connectivity index (χ3v) is 4.55. The number of carbonyl (C=O) groups is 1. The van der Waals surface area contributed by atoms with Crippen molar-refractivity contribution in [2.45, 2.75) is 103 Å². The minimum absolute atomic E-state index is 0.517. The van der Waals surface area contributed by atoms with Gasteiger partial charge in [0.05, 0.1) is 0 Å². The predicted octanol–water partition coefficient (Wildman–Crippen LogP) is 6.06. The Bertz CT molecular complexity index is 222. The van der Waals surface area contributed by atoms with Gasteiger partial charge in [-0.3, -0.25) is 4.79 Å². The lowest BCUT2D eigenvalue weighted by molar-refractivity contribution is -0.121. The molecule has 0 N–H and O–H groups in total. The van der Waals surface area contributed by atoms with Crippen LogP contribution >= 0.6 is 0 Å². The van der Waals surface area contributed by atoms with Gasteiger partial charge in [-0.05, 0) is 18.8 Å². The molecule has 0 radical (unpaired) electrons. The van der Waals surface area contributed by atoms with E-state index in [0.29, 0.717) is 5.78 Å². The van der Waals surface area contributed by atoms with E-state index in [9.17, 15) is 4.79 Å². The molecule has 0 saturated heterocycles. The van der Waals surface area contributed by atoms with E-state index in [2.05, 4.69) is 6.92 Å². The summed E-state index contributed by atoms with van der Waals surface area (Å²) in [5.74, 6) is 1.25. The number of Topliss-reactive ketones (excluding diaryl/α,β-unsaturated/α-hetero) is 1. The van der Waals surface area contributed by atoms with E-state index in [1.807, 2.05) is 0 Å². The Hall–Kier alpha value is -0.330. The van der Waals surface area contributed by atoms with E-state index in [-0.39, 0.29) is 0 Å². The molecule has 0 aromatic rings. The van der Waals surface area contributed by atoms with E-state index < -0.39 is 0 Å². The van der Waals surface area contributed by atoms with Crippen molar-refractivity contribution in [3.8, 4) is 0 Å². The molecule has 1 heteroatoms. The van der Waals surface area contributed by atoms with Crippen LogP contribution in [-0.4, -0.2) is 5.78 Å². The fourth-order valence-corrected chi connectivity index (χ4v) is 3.28. The number of hydrogen-bond donors (Lipinski definition) is 0. The summed E-state index contributed by atoms with van der Waals surface area (Å²) in [4.78, 5) is 11.4. The molecule has 1 aliphatic rings. The smallest absolute Gasteiger partial charge is 0.133 e. The molecule has 1 aliphatic carbocycles. The molecule has 1 rings (SSSR count). The first-order chi connectivity index (χ1) is 9.33. The third kappa shape index (κ3) is 9.24. The molecule has 0 bridgehead atoms. The first-order valence-corrected chi connectivity index (χ1v) is 8.84. The van der Waals surface area contributed by atoms with Crippen molar-refractivity contribution in [2.75, 3.05) is 0 Å². The Kier molecular flexibility index (Phi) is 10.1. The molecule has 0 aromatic carbocycles. The first kappa shape index (κ1) is 16.7. The lowest BCUT2D eigenvalue weighted by Crippen LogP contribution is -2.14. The summed E-state index contributed by atoms with van der Waals surface area (Å²) in [6.07, 6.45) is 19.6. The van der Waals surface area contributed by atoms with Gasteiger partial charge in [0.15, 0.2) is 0 Å². The van der Waals surface area contributed by atoms with Crippen molar-refractivity contribution in [3.05, 3.63) is 0 Å². The fourth-order valence-electron chi connectivity index (χ4n) is 3.28. The van der Waals surface area contributed by atoms with Crippen molar-refractivity contribution in [1.82, 2.24) is 0 Å². The highest BCUT2D eigenvalue weighted by atomic mass is 16.1. The second kappa shape index (κ2) is 11.5. The van der Waals surface area contributed by atoms with Gasteiger partial charge < -0.3 is 0 Å². The minimum Gasteiger partial charge on any atom is -0.300 e. The highest BCUT2D eigenvalue weighted by molar-refractivity contribution is 5.79. The van der Waals surface area contributed by atoms with Crippen LogP contribution in [-0.2, 0) is 4.79 Å². The molecule has 112 valence electrons. The maximum Gasteiger partial charge on any atom is 0.133 e. The maximum absolute atomic E-state index is 11.4. The lowest BCUT2D eigenvalue weighted by Gasteiger charge is -2.20. The number of carbonyl (C=O) groups excluding carboxylic acids is 1. The molecule has 0 heterocycles. The molecule has 19 heavy (non-hydrogen) atoms. The van der Waals surface area contributed by atoms with Crippen molar-refractivity contribution in [2.24, 2.45) is 5.92 Å². The van der Waals surface area contributed by atoms with Crippen LogP contribution in [0.15, 0.2) is 0 Å². The molecule has 0 amide bonds. The second-order valence-corrected chi connectivity index (χ2v) is 6.47. The third-order valence-electron chi connectivity index (χ3n) is 4.55. The van der Waals surface area contributed by atoms with Gasteiger partial charge in [0.2, 0.25) is 0 Å². The van der Waals surface area contributed by atoms with Gasteiger partial charge in [0.1, 0.15) is 5.78 Å². The van der Waals surface area contributed by atoms with Crippen LogP contribution in [0.25, 0.3) is 0 Å². The van der Waals surface area contributed by atoms with Crippen LogP contribution in [0, 0.1) is 5.92 Å². The standard InChI is InChI=1S/C18H34O/c1-2-3-4-5-6-7-8-9-10-11-13-17-14-12-15-18(19)16-17/h17H,2-16H2,1H3. The van der Waals surface area contributed by atoms with Gasteiger partial charge in [-0.1, -0.05) is 77.6 Å². The first-order valence-electron chi connectivity index (χ1n) is 8.84. The van der Waals surface area contributed by atoms with Crippen LogP contribution < -0.4 is 0 Å². The quantitative estimate of drug-likeness (QED) is 0.416.